The van der Waals surface area contributed by atoms with Crippen LogP contribution in [0.15, 0.2) is 40.9 Å². The molecule has 136 valence electrons. The Hall–Kier alpha value is -2.54. The highest BCUT2D eigenvalue weighted by molar-refractivity contribution is 7.17. The van der Waals surface area contributed by atoms with E-state index < -0.39 is 0 Å². The zero-order chi connectivity index (χ0) is 18.5. The van der Waals surface area contributed by atoms with Gasteiger partial charge in [0.25, 0.3) is 5.91 Å². The lowest BCUT2D eigenvalue weighted by atomic mass is 10.2. The number of allylic oxidation sites excluding steroid dienone is 2. The molecule has 1 fully saturated rings. The molecule has 7 heteroatoms. The number of likely N-dealkylation sites (tertiary alicyclic amines) is 1. The normalized spacial score (nSPS) is 16.4. The van der Waals surface area contributed by atoms with Crippen LogP contribution in [0.2, 0.25) is 0 Å². The monoisotopic (exact) mass is 369 g/mol. The molecule has 0 radical (unpaired) electrons. The second-order valence-corrected chi connectivity index (χ2v) is 7.03. The van der Waals surface area contributed by atoms with Crippen LogP contribution >= 0.6 is 11.3 Å². The van der Waals surface area contributed by atoms with E-state index in [9.17, 15) is 4.79 Å². The summed E-state index contributed by atoms with van der Waals surface area (Å²) in [6.07, 6.45) is 7.39. The van der Waals surface area contributed by atoms with Crippen LogP contribution in [-0.2, 0) is 0 Å². The third-order valence-electron chi connectivity index (χ3n) is 4.26. The maximum Gasteiger partial charge on any atom is 0.274 e. The lowest BCUT2D eigenvalue weighted by Gasteiger charge is -2.17. The van der Waals surface area contributed by atoms with Gasteiger partial charge in [0.15, 0.2) is 5.69 Å². The van der Waals surface area contributed by atoms with Crippen LogP contribution in [0, 0.1) is 0 Å². The predicted octanol–water partition coefficient (Wildman–Crippen LogP) is 3.89. The average molecular weight is 369 g/mol. The van der Waals surface area contributed by atoms with E-state index in [0.717, 1.165) is 41.8 Å². The van der Waals surface area contributed by atoms with E-state index in [4.69, 9.17) is 0 Å². The summed E-state index contributed by atoms with van der Waals surface area (Å²) in [6.45, 7) is 9.17. The van der Waals surface area contributed by atoms with Crippen molar-refractivity contribution in [3.8, 4) is 0 Å². The Labute approximate surface area is 157 Å². The Bertz CT molecular complexity index is 864. The standard InChI is InChI=1S/C19H23N5OS/c1-4-8-14(20-5-2)13(3)21-19-22-15-9-12-26-17(15)16(23-19)18(25)24-10-6-7-11-24/h4-5,8-9,12-13H,1,6-7,10-11H2,2-3H3,(H,21,22,23)/b14-8-,20-5-. The third-order valence-corrected chi connectivity index (χ3v) is 5.17. The summed E-state index contributed by atoms with van der Waals surface area (Å²) in [5, 5.41) is 5.20. The maximum atomic E-state index is 12.9. The number of nitrogens with one attached hydrogen (secondary N) is 1. The van der Waals surface area contributed by atoms with Gasteiger partial charge in [-0.1, -0.05) is 12.7 Å². The molecule has 1 atom stereocenters. The second kappa shape index (κ2) is 8.23. The maximum absolute atomic E-state index is 12.9. The molecule has 1 saturated heterocycles. The van der Waals surface area contributed by atoms with E-state index in [1.165, 1.54) is 11.3 Å². The molecule has 2 aromatic heterocycles. The van der Waals surface area contributed by atoms with Gasteiger partial charge < -0.3 is 10.2 Å². The minimum atomic E-state index is -0.116. The van der Waals surface area contributed by atoms with Crippen molar-refractivity contribution in [2.75, 3.05) is 18.4 Å². The van der Waals surface area contributed by atoms with Gasteiger partial charge in [0.1, 0.15) is 0 Å². The molecular formula is C19H23N5OS. The Morgan fingerprint density at radius 2 is 2.19 bits per heavy atom. The first-order valence-electron chi connectivity index (χ1n) is 8.76. The summed E-state index contributed by atoms with van der Waals surface area (Å²) in [5.74, 6) is 0.425. The lowest BCUT2D eigenvalue weighted by molar-refractivity contribution is 0.0789. The van der Waals surface area contributed by atoms with Crippen LogP contribution < -0.4 is 5.32 Å². The van der Waals surface area contributed by atoms with Gasteiger partial charge in [0, 0.05) is 19.3 Å². The van der Waals surface area contributed by atoms with Gasteiger partial charge in [0.05, 0.1) is 22.0 Å². The van der Waals surface area contributed by atoms with E-state index in [0.29, 0.717) is 11.6 Å². The molecule has 3 rings (SSSR count). The summed E-state index contributed by atoms with van der Waals surface area (Å²) < 4.78 is 0.841. The summed E-state index contributed by atoms with van der Waals surface area (Å²) >= 11 is 1.50. The van der Waals surface area contributed by atoms with Crippen molar-refractivity contribution in [1.82, 2.24) is 14.9 Å². The van der Waals surface area contributed by atoms with Crippen molar-refractivity contribution < 1.29 is 4.79 Å². The van der Waals surface area contributed by atoms with Crippen LogP contribution in [0.4, 0.5) is 5.95 Å². The Morgan fingerprint density at radius 1 is 1.42 bits per heavy atom. The molecule has 26 heavy (non-hydrogen) atoms. The highest BCUT2D eigenvalue weighted by Crippen LogP contribution is 2.26. The smallest absolute Gasteiger partial charge is 0.274 e. The van der Waals surface area contributed by atoms with Crippen molar-refractivity contribution in [2.45, 2.75) is 32.7 Å². The number of hydrogen-bond acceptors (Lipinski definition) is 6. The largest absolute Gasteiger partial charge is 0.346 e. The first-order valence-corrected chi connectivity index (χ1v) is 9.64. The third kappa shape index (κ3) is 3.83. The highest BCUT2D eigenvalue weighted by Gasteiger charge is 2.24. The van der Waals surface area contributed by atoms with Crippen LogP contribution in [-0.4, -0.2) is 46.1 Å². The number of fused-ring (bicyclic) bond motifs is 1. The first kappa shape index (κ1) is 18.3. The van der Waals surface area contributed by atoms with Crippen molar-refractivity contribution in [3.05, 3.63) is 41.6 Å². The number of nitrogens with zero attached hydrogens (tertiary/aromatic N) is 4. The SMILES string of the molecule is C=C/C=C(\N=C/C)C(C)Nc1nc(C(=O)N2CCCC2)c2sccc2n1. The molecule has 3 heterocycles. The molecule has 2 aromatic rings. The fourth-order valence-electron chi connectivity index (χ4n) is 2.98. The van der Waals surface area contributed by atoms with Gasteiger partial charge in [-0.2, -0.15) is 0 Å². The molecule has 1 N–H and O–H groups in total. The molecule has 0 bridgehead atoms. The van der Waals surface area contributed by atoms with Gasteiger partial charge in [-0.15, -0.1) is 11.3 Å². The molecule has 1 aliphatic heterocycles. The highest BCUT2D eigenvalue weighted by atomic mass is 32.1. The van der Waals surface area contributed by atoms with Gasteiger partial charge in [-0.25, -0.2) is 9.97 Å². The summed E-state index contributed by atoms with van der Waals surface area (Å²) in [4.78, 5) is 28.2. The average Bonchev–Trinajstić information content (AvgIpc) is 3.31. The second-order valence-electron chi connectivity index (χ2n) is 6.11. The number of aliphatic imine (C=N–C) groups is 1. The predicted molar refractivity (Wildman–Crippen MR) is 108 cm³/mol. The van der Waals surface area contributed by atoms with Crippen molar-refractivity contribution in [3.63, 3.8) is 0 Å². The van der Waals surface area contributed by atoms with E-state index in [1.54, 1.807) is 12.3 Å². The Morgan fingerprint density at radius 3 is 2.88 bits per heavy atom. The lowest BCUT2D eigenvalue weighted by Crippen LogP contribution is -2.29. The summed E-state index contributed by atoms with van der Waals surface area (Å²) in [5.41, 5.74) is 2.09. The number of carbonyl (C=O) groups excluding carboxylic acids is 1. The number of hydrogen-bond donors (Lipinski definition) is 1. The topological polar surface area (TPSA) is 70.5 Å². The van der Waals surface area contributed by atoms with Crippen LogP contribution in [0.5, 0.6) is 0 Å². The molecule has 0 spiro atoms. The molecule has 1 aliphatic rings. The molecular weight excluding hydrogens is 346 g/mol. The van der Waals surface area contributed by atoms with Crippen LogP contribution in [0.3, 0.4) is 0 Å². The minimum Gasteiger partial charge on any atom is -0.346 e. The summed E-state index contributed by atoms with van der Waals surface area (Å²) in [7, 11) is 0. The summed E-state index contributed by atoms with van der Waals surface area (Å²) in [6, 6.07) is 1.80. The zero-order valence-corrected chi connectivity index (χ0v) is 15.9. The van der Waals surface area contributed by atoms with Crippen LogP contribution in [0.1, 0.15) is 37.2 Å². The minimum absolute atomic E-state index is 0.0125. The van der Waals surface area contributed by atoms with Crippen LogP contribution in [0.25, 0.3) is 10.2 Å². The van der Waals surface area contributed by atoms with Gasteiger partial charge >= 0.3 is 0 Å². The number of rotatable bonds is 6. The molecule has 6 nitrogen and oxygen atoms in total. The zero-order valence-electron chi connectivity index (χ0n) is 15.1. The quantitative estimate of drug-likeness (QED) is 0.619. The Kier molecular flexibility index (Phi) is 5.78. The van der Waals surface area contributed by atoms with E-state index in [1.807, 2.05) is 36.3 Å². The molecule has 0 saturated carbocycles. The van der Waals surface area contributed by atoms with Crippen molar-refractivity contribution in [2.24, 2.45) is 4.99 Å². The fraction of sp³-hybridized carbons (Fsp3) is 0.368. The molecule has 1 unspecified atom stereocenters. The van der Waals surface area contributed by atoms with Crippen molar-refractivity contribution >= 4 is 39.6 Å². The molecule has 0 aromatic carbocycles. The van der Waals surface area contributed by atoms with E-state index in [2.05, 4.69) is 26.9 Å². The van der Waals surface area contributed by atoms with Gasteiger partial charge in [-0.3, -0.25) is 9.79 Å². The number of amides is 1. The van der Waals surface area contributed by atoms with Crippen molar-refractivity contribution in [1.29, 1.82) is 0 Å². The molecule has 0 aliphatic carbocycles. The van der Waals surface area contributed by atoms with Gasteiger partial charge in [-0.05, 0) is 44.2 Å². The van der Waals surface area contributed by atoms with E-state index in [-0.39, 0.29) is 11.9 Å². The first-order chi connectivity index (χ1) is 12.6. The fourth-order valence-corrected chi connectivity index (χ4v) is 3.79. The number of aromatic nitrogens is 2. The Balaban J connectivity index is 1.93. The number of carbonyl (C=O) groups is 1. The number of anilines is 1. The number of thiophene rings is 1. The van der Waals surface area contributed by atoms with Gasteiger partial charge in [0.2, 0.25) is 5.95 Å². The molecule has 1 amide bonds. The van der Waals surface area contributed by atoms with E-state index >= 15 is 0 Å².